The Bertz CT molecular complexity index is 597. The number of benzene rings is 1. The summed E-state index contributed by atoms with van der Waals surface area (Å²) in [6.45, 7) is 1.93. The van der Waals surface area contributed by atoms with Gasteiger partial charge >= 0.3 is 0 Å². The van der Waals surface area contributed by atoms with Crippen LogP contribution in [0.1, 0.15) is 24.2 Å². The Morgan fingerprint density at radius 2 is 2.22 bits per heavy atom. The molecule has 0 amide bonds. The van der Waals surface area contributed by atoms with Gasteiger partial charge in [0.1, 0.15) is 5.82 Å². The molecule has 1 atom stereocenters. The molecule has 4 nitrogen and oxygen atoms in total. The van der Waals surface area contributed by atoms with Crippen LogP contribution in [0.2, 0.25) is 0 Å². The average molecular weight is 244 g/mol. The molecule has 1 aromatic heterocycles. The van der Waals surface area contributed by atoms with Crippen LogP contribution in [0, 0.1) is 17.1 Å². The summed E-state index contributed by atoms with van der Waals surface area (Å²) in [6.07, 6.45) is 1.70. The number of anilines is 1. The number of hydrogen-bond donors (Lipinski definition) is 1. The highest BCUT2D eigenvalue weighted by atomic mass is 19.1. The molecule has 1 aromatic carbocycles. The summed E-state index contributed by atoms with van der Waals surface area (Å²) in [5.74, 6) is -0.428. The van der Waals surface area contributed by atoms with E-state index in [9.17, 15) is 4.39 Å². The van der Waals surface area contributed by atoms with Gasteiger partial charge in [0.2, 0.25) is 0 Å². The van der Waals surface area contributed by atoms with E-state index in [4.69, 9.17) is 5.26 Å². The summed E-state index contributed by atoms with van der Waals surface area (Å²) in [4.78, 5) is 0. The molecule has 0 bridgehead atoms. The van der Waals surface area contributed by atoms with E-state index in [2.05, 4.69) is 10.4 Å². The highest BCUT2D eigenvalue weighted by Crippen LogP contribution is 2.21. The predicted octanol–water partition coefficient (Wildman–Crippen LogP) is 2.60. The summed E-state index contributed by atoms with van der Waals surface area (Å²) >= 11 is 0. The molecule has 92 valence electrons. The maximum atomic E-state index is 13.7. The van der Waals surface area contributed by atoms with E-state index in [1.807, 2.05) is 26.1 Å². The molecule has 1 N–H and O–H groups in total. The lowest BCUT2D eigenvalue weighted by Crippen LogP contribution is -2.12. The number of hydrogen-bond acceptors (Lipinski definition) is 3. The molecule has 0 aliphatic rings. The Labute approximate surface area is 105 Å². The van der Waals surface area contributed by atoms with Crippen molar-refractivity contribution in [3.8, 4) is 6.07 Å². The zero-order valence-corrected chi connectivity index (χ0v) is 10.2. The van der Waals surface area contributed by atoms with Crippen LogP contribution in [0.3, 0.4) is 0 Å². The van der Waals surface area contributed by atoms with E-state index < -0.39 is 5.82 Å². The zero-order valence-electron chi connectivity index (χ0n) is 10.2. The lowest BCUT2D eigenvalue weighted by Gasteiger charge is -2.16. The van der Waals surface area contributed by atoms with E-state index in [0.29, 0.717) is 11.3 Å². The fraction of sp³-hybridized carbons (Fsp3) is 0.231. The van der Waals surface area contributed by atoms with Crippen LogP contribution < -0.4 is 5.32 Å². The van der Waals surface area contributed by atoms with Gasteiger partial charge < -0.3 is 5.32 Å². The number of rotatable bonds is 3. The second kappa shape index (κ2) is 4.88. The number of aryl methyl sites for hydroxylation is 1. The van der Waals surface area contributed by atoms with Gasteiger partial charge in [-0.1, -0.05) is 0 Å². The highest BCUT2D eigenvalue weighted by Gasteiger charge is 2.11. The predicted molar refractivity (Wildman–Crippen MR) is 66.4 cm³/mol. The van der Waals surface area contributed by atoms with Crippen molar-refractivity contribution >= 4 is 5.69 Å². The van der Waals surface area contributed by atoms with Gasteiger partial charge in [-0.15, -0.1) is 0 Å². The monoisotopic (exact) mass is 244 g/mol. The van der Waals surface area contributed by atoms with Gasteiger partial charge in [0.15, 0.2) is 0 Å². The van der Waals surface area contributed by atoms with E-state index >= 15 is 0 Å². The van der Waals surface area contributed by atoms with Crippen molar-refractivity contribution < 1.29 is 4.39 Å². The standard InChI is InChI=1S/C13H13FN4/c1-9(13-5-6-16-18(13)2)17-12-4-3-10(8-15)7-11(12)14/h3-7,9,17H,1-2H3. The molecule has 0 fully saturated rings. The second-order valence-corrected chi connectivity index (χ2v) is 4.05. The Morgan fingerprint density at radius 1 is 1.44 bits per heavy atom. The Kier molecular flexibility index (Phi) is 3.28. The van der Waals surface area contributed by atoms with Crippen LogP contribution in [0.4, 0.5) is 10.1 Å². The lowest BCUT2D eigenvalue weighted by molar-refractivity contribution is 0.622. The fourth-order valence-corrected chi connectivity index (χ4v) is 1.82. The Balaban J connectivity index is 2.20. The van der Waals surface area contributed by atoms with Gasteiger partial charge in [-0.3, -0.25) is 4.68 Å². The van der Waals surface area contributed by atoms with E-state index in [-0.39, 0.29) is 6.04 Å². The topological polar surface area (TPSA) is 53.6 Å². The summed E-state index contributed by atoms with van der Waals surface area (Å²) in [7, 11) is 1.84. The number of nitrogens with zero attached hydrogens (tertiary/aromatic N) is 3. The van der Waals surface area contributed by atoms with Gasteiger partial charge in [-0.05, 0) is 31.2 Å². The minimum Gasteiger partial charge on any atom is -0.375 e. The van der Waals surface area contributed by atoms with E-state index in [1.54, 1.807) is 23.0 Å². The molecule has 1 unspecified atom stereocenters. The van der Waals surface area contributed by atoms with Gasteiger partial charge in [0.25, 0.3) is 0 Å². The molecule has 18 heavy (non-hydrogen) atoms. The van der Waals surface area contributed by atoms with Gasteiger partial charge in [-0.25, -0.2) is 4.39 Å². The molecular formula is C13H13FN4. The smallest absolute Gasteiger partial charge is 0.147 e. The Morgan fingerprint density at radius 3 is 2.78 bits per heavy atom. The van der Waals surface area contributed by atoms with Crippen molar-refractivity contribution in [3.05, 3.63) is 47.5 Å². The number of nitriles is 1. The summed E-state index contributed by atoms with van der Waals surface area (Å²) in [5, 5.41) is 15.8. The summed E-state index contributed by atoms with van der Waals surface area (Å²) < 4.78 is 15.4. The highest BCUT2D eigenvalue weighted by molar-refractivity contribution is 5.49. The second-order valence-electron chi connectivity index (χ2n) is 4.05. The van der Waals surface area contributed by atoms with Crippen LogP contribution in [0.25, 0.3) is 0 Å². The van der Waals surface area contributed by atoms with E-state index in [0.717, 1.165) is 5.69 Å². The third kappa shape index (κ3) is 2.33. The summed E-state index contributed by atoms with van der Waals surface area (Å²) in [5.41, 5.74) is 1.65. The molecule has 0 saturated carbocycles. The quantitative estimate of drug-likeness (QED) is 0.902. The van der Waals surface area contributed by atoms with Crippen LogP contribution in [0.15, 0.2) is 30.5 Å². The van der Waals surface area contributed by atoms with Crippen LogP contribution in [-0.2, 0) is 7.05 Å². The van der Waals surface area contributed by atoms with Crippen molar-refractivity contribution in [3.63, 3.8) is 0 Å². The molecule has 0 radical (unpaired) electrons. The number of halogens is 1. The van der Waals surface area contributed by atoms with Crippen molar-refractivity contribution in [2.75, 3.05) is 5.32 Å². The largest absolute Gasteiger partial charge is 0.375 e. The third-order valence-corrected chi connectivity index (χ3v) is 2.77. The molecule has 2 aromatic rings. The molecular weight excluding hydrogens is 231 g/mol. The first-order chi connectivity index (χ1) is 8.61. The zero-order chi connectivity index (χ0) is 13.1. The van der Waals surface area contributed by atoms with Gasteiger partial charge in [0, 0.05) is 13.2 Å². The van der Waals surface area contributed by atoms with Crippen molar-refractivity contribution in [1.82, 2.24) is 9.78 Å². The number of aromatic nitrogens is 2. The van der Waals surface area contributed by atoms with Crippen LogP contribution in [0.5, 0.6) is 0 Å². The maximum Gasteiger partial charge on any atom is 0.147 e. The van der Waals surface area contributed by atoms with Crippen LogP contribution >= 0.6 is 0 Å². The molecule has 0 aliphatic heterocycles. The first-order valence-corrected chi connectivity index (χ1v) is 5.56. The molecule has 1 heterocycles. The van der Waals surface area contributed by atoms with Crippen LogP contribution in [-0.4, -0.2) is 9.78 Å². The van der Waals surface area contributed by atoms with Crippen molar-refractivity contribution in [2.24, 2.45) is 7.05 Å². The number of nitrogens with one attached hydrogen (secondary N) is 1. The molecule has 0 aliphatic carbocycles. The van der Waals surface area contributed by atoms with Crippen molar-refractivity contribution in [2.45, 2.75) is 13.0 Å². The van der Waals surface area contributed by atoms with Crippen molar-refractivity contribution in [1.29, 1.82) is 5.26 Å². The van der Waals surface area contributed by atoms with E-state index in [1.165, 1.54) is 6.07 Å². The Hall–Kier alpha value is -2.35. The van der Waals surface area contributed by atoms with Gasteiger partial charge in [0.05, 0.1) is 29.1 Å². The lowest BCUT2D eigenvalue weighted by atomic mass is 10.2. The summed E-state index contributed by atoms with van der Waals surface area (Å²) in [6, 6.07) is 8.08. The minimum atomic E-state index is -0.428. The van der Waals surface area contributed by atoms with Gasteiger partial charge in [-0.2, -0.15) is 10.4 Å². The average Bonchev–Trinajstić information content (AvgIpc) is 2.78. The molecule has 2 rings (SSSR count). The minimum absolute atomic E-state index is 0.0695. The molecule has 0 spiro atoms. The first kappa shape index (κ1) is 12.1. The fourth-order valence-electron chi connectivity index (χ4n) is 1.82. The maximum absolute atomic E-state index is 13.7. The molecule has 5 heteroatoms. The normalized spacial score (nSPS) is 11.9. The SMILES string of the molecule is CC(Nc1ccc(C#N)cc1F)c1ccnn1C. The first-order valence-electron chi connectivity index (χ1n) is 5.56. The molecule has 0 saturated heterocycles. The third-order valence-electron chi connectivity index (χ3n) is 2.77.